The maximum absolute atomic E-state index is 13.6. The monoisotopic (exact) mass is 1990 g/mol. The number of hydrogen-bond donors (Lipinski definition) is 12. The summed E-state index contributed by atoms with van der Waals surface area (Å²) in [6.45, 7) is 9.91. The normalized spacial score (nSPS) is 19.8. The van der Waals surface area contributed by atoms with Gasteiger partial charge in [0.25, 0.3) is 0 Å². The Kier molecular flexibility index (Phi) is 83.3. The lowest BCUT2D eigenvalue weighted by molar-refractivity contribution is -0.301. The molecule has 0 saturated carbocycles. The van der Waals surface area contributed by atoms with Gasteiger partial charge in [-0.15, -0.1) is 10.2 Å². The van der Waals surface area contributed by atoms with Gasteiger partial charge in [-0.3, -0.25) is 9.59 Å². The molecule has 0 spiro atoms. The molecule has 28 nitrogen and oxygen atoms in total. The number of carbonyl (C=O) groups excluding carboxylic acids is 2. The molecular weight excluding hydrogens is 1780 g/mol. The van der Waals surface area contributed by atoms with Gasteiger partial charge in [0.1, 0.15) is 72.4 Å². The van der Waals surface area contributed by atoms with Crippen LogP contribution in [0.3, 0.4) is 0 Å². The molecule has 822 valence electrons. The van der Waals surface area contributed by atoms with Crippen LogP contribution >= 0.6 is 0 Å². The number of aliphatic hydroxyl groups excluding tert-OH is 10. The van der Waals surface area contributed by atoms with Crippen molar-refractivity contribution < 1.29 is 98.5 Å². The second kappa shape index (κ2) is 90.6. The third-order valence-corrected chi connectivity index (χ3v) is 28.8. The molecule has 0 radical (unpaired) electrons. The lowest BCUT2D eigenvalue weighted by atomic mass is 9.98. The van der Waals surface area contributed by atoms with E-state index >= 15 is 0 Å². The van der Waals surface area contributed by atoms with Gasteiger partial charge in [0.2, 0.25) is 11.8 Å². The number of nitrogens with zero attached hydrogens (tertiary/aromatic N) is 6. The third-order valence-electron chi connectivity index (χ3n) is 28.8. The number of rotatable bonds is 103. The Labute approximate surface area is 850 Å². The first-order chi connectivity index (χ1) is 68.5. The Hall–Kier alpha value is -3.50. The fraction of sp³-hybridized carbons (Fsp3) is 0.946. The Morgan fingerprint density at radius 2 is 0.514 bits per heavy atom. The highest BCUT2D eigenvalue weighted by Gasteiger charge is 2.47. The van der Waals surface area contributed by atoms with E-state index in [2.05, 4.69) is 59.0 Å². The van der Waals surface area contributed by atoms with Crippen molar-refractivity contribution in [3.63, 3.8) is 0 Å². The van der Waals surface area contributed by atoms with Gasteiger partial charge >= 0.3 is 0 Å². The van der Waals surface area contributed by atoms with Crippen molar-refractivity contribution in [1.29, 1.82) is 0 Å². The summed E-state index contributed by atoms with van der Waals surface area (Å²) >= 11 is 0. The van der Waals surface area contributed by atoms with Gasteiger partial charge in [-0.25, -0.2) is 9.36 Å². The number of amides is 2. The number of carbonyl (C=O) groups is 2. The summed E-state index contributed by atoms with van der Waals surface area (Å²) in [5.74, 6) is -0.563. The standard InChI is InChI=1S/C112H214N8O20/c1-5-9-13-17-21-25-29-33-35-37-39-41-43-45-47-49-51-53-57-61-65-69-73-77-101(123)113-95(103(125)97(121)75-71-67-63-59-55-31-27-23-19-15-11-7-3)91-137-111-109(131)107(129)105(127)99(139-111)87-119-85-93(115-117-119)89-135-83-81-133-79-80-134-82-84-136-90-94-86-120(118-116-94)88-100-106(128)108(130)110(132)112(140-100)138-92-96(104(126)98(122)76-72-68-64-60-56-32-28-24-20-16-12-8-4)114-102(124)78-74-70-66-62-58-54-52-50-48-46-44-42-40-38-36-34-30-26-22-18-14-10-6-2/h85-86,95-100,103-112,121-122,125-132H,5-84,87-92H2,1-4H3,(H,113,123)(H,114,124)/t95-,96-,97+,98+,99+,100+,103-,104-,105-,106-,107-,108-,109+,110+,111-,112-/m0/s1. The molecular formula is C112H214N8O20. The molecule has 16 atom stereocenters. The van der Waals surface area contributed by atoms with Gasteiger partial charge < -0.3 is 99.6 Å². The maximum Gasteiger partial charge on any atom is 0.220 e. The van der Waals surface area contributed by atoms with Crippen molar-refractivity contribution in [2.45, 2.75) is 627 Å². The lowest BCUT2D eigenvalue weighted by Gasteiger charge is -2.40. The molecule has 4 heterocycles. The maximum atomic E-state index is 13.6. The first-order valence-corrected chi connectivity index (χ1v) is 58.5. The average molecular weight is 1990 g/mol. The van der Waals surface area contributed by atoms with Crippen LogP contribution in [0.4, 0.5) is 0 Å². The van der Waals surface area contributed by atoms with E-state index in [1.165, 1.54) is 356 Å². The Bertz CT molecular complexity index is 2850. The van der Waals surface area contributed by atoms with Gasteiger partial charge in [-0.1, -0.05) is 475 Å². The molecule has 0 aromatic carbocycles. The molecule has 2 aromatic heterocycles. The molecule has 140 heavy (non-hydrogen) atoms. The van der Waals surface area contributed by atoms with Crippen LogP contribution in [0.5, 0.6) is 0 Å². The molecule has 12 N–H and O–H groups in total. The van der Waals surface area contributed by atoms with Gasteiger partial charge in [-0.2, -0.15) is 0 Å². The molecule has 2 aliphatic heterocycles. The summed E-state index contributed by atoms with van der Waals surface area (Å²) in [4.78, 5) is 27.1. The summed E-state index contributed by atoms with van der Waals surface area (Å²) in [6.07, 6.45) is 71.3. The molecule has 2 aliphatic rings. The minimum atomic E-state index is -1.68. The minimum Gasteiger partial charge on any atom is -0.390 e. The van der Waals surface area contributed by atoms with Crippen molar-refractivity contribution in [2.24, 2.45) is 0 Å². The largest absolute Gasteiger partial charge is 0.390 e. The lowest BCUT2D eigenvalue weighted by Crippen LogP contribution is -2.60. The second-order valence-electron chi connectivity index (χ2n) is 41.8. The van der Waals surface area contributed by atoms with Crippen LogP contribution < -0.4 is 10.6 Å². The Morgan fingerprint density at radius 1 is 0.300 bits per heavy atom. The van der Waals surface area contributed by atoms with E-state index in [4.69, 9.17) is 37.9 Å². The van der Waals surface area contributed by atoms with E-state index in [-0.39, 0.29) is 104 Å². The van der Waals surface area contributed by atoms with E-state index in [1.807, 2.05) is 0 Å². The van der Waals surface area contributed by atoms with E-state index in [1.54, 1.807) is 12.4 Å². The highest BCUT2D eigenvalue weighted by molar-refractivity contribution is 5.76. The Morgan fingerprint density at radius 3 is 0.750 bits per heavy atom. The highest BCUT2D eigenvalue weighted by Crippen LogP contribution is 2.29. The topological polar surface area (TPSA) is 396 Å². The van der Waals surface area contributed by atoms with Crippen LogP contribution in [0.2, 0.25) is 0 Å². The quantitative estimate of drug-likeness (QED) is 0.0274. The van der Waals surface area contributed by atoms with Crippen LogP contribution in [0.25, 0.3) is 0 Å². The van der Waals surface area contributed by atoms with Crippen LogP contribution in [0, 0.1) is 0 Å². The van der Waals surface area contributed by atoms with Crippen molar-refractivity contribution >= 4 is 11.8 Å². The summed E-state index contributed by atoms with van der Waals surface area (Å²) in [6, 6.07) is -2.12. The van der Waals surface area contributed by atoms with Crippen LogP contribution in [-0.2, 0) is 73.8 Å². The summed E-state index contributed by atoms with van der Waals surface area (Å²) in [5.41, 5.74) is 0.948. The number of nitrogens with one attached hydrogen (secondary N) is 2. The molecule has 0 unspecified atom stereocenters. The van der Waals surface area contributed by atoms with Gasteiger partial charge in [-0.05, 0) is 25.7 Å². The highest BCUT2D eigenvalue weighted by atomic mass is 16.7. The molecule has 2 fully saturated rings. The zero-order chi connectivity index (χ0) is 101. The van der Waals surface area contributed by atoms with Gasteiger partial charge in [0.05, 0.1) is 116 Å². The zero-order valence-corrected chi connectivity index (χ0v) is 89.4. The number of aromatic nitrogens is 6. The fourth-order valence-corrected chi connectivity index (χ4v) is 19.5. The summed E-state index contributed by atoms with van der Waals surface area (Å²) in [7, 11) is 0. The first kappa shape index (κ1) is 129. The Balaban J connectivity index is 1.13. The second-order valence-corrected chi connectivity index (χ2v) is 41.8. The predicted molar refractivity (Wildman–Crippen MR) is 559 cm³/mol. The molecule has 28 heteroatoms. The van der Waals surface area contributed by atoms with E-state index in [0.717, 1.165) is 77.0 Å². The zero-order valence-electron chi connectivity index (χ0n) is 89.4. The molecule has 0 bridgehead atoms. The minimum absolute atomic E-state index is 0.0825. The molecule has 2 saturated heterocycles. The SMILES string of the molecule is CCCCCCCCCCCCCCCCCCCCCCCCCC(=O)N[C@@H](CO[C@H]1O[C@H](Cn2cc(COCCOCCOCCOCc3cn(C[C@H]4O[C@H](OC[C@H](NC(=O)CCCCCCCCCCCCCCCCCCCCCCCCC)[C@H](O)[C@H](O)CCCCCCCCCCCCCC)[C@H](O)[C@@H](O)[C@H]4O)nn3)nn2)[C@H](O)[C@H](O)[C@H]1O)[C@H](O)[C@H](O)CCCCCCCCCCCCCC. The van der Waals surface area contributed by atoms with E-state index < -0.39 is 97.9 Å². The van der Waals surface area contributed by atoms with E-state index in [9.17, 15) is 60.7 Å². The molecule has 2 amide bonds. The van der Waals surface area contributed by atoms with E-state index in [0.29, 0.717) is 49.9 Å². The van der Waals surface area contributed by atoms with Gasteiger partial charge in [0.15, 0.2) is 12.6 Å². The molecule has 4 rings (SSSR count). The van der Waals surface area contributed by atoms with Crippen LogP contribution in [0.15, 0.2) is 12.4 Å². The fourth-order valence-electron chi connectivity index (χ4n) is 19.5. The van der Waals surface area contributed by atoms with Crippen LogP contribution in [0.1, 0.15) is 514 Å². The summed E-state index contributed by atoms with van der Waals surface area (Å²) < 4.78 is 50.1. The smallest absolute Gasteiger partial charge is 0.220 e. The van der Waals surface area contributed by atoms with Crippen molar-refractivity contribution in [3.8, 4) is 0 Å². The number of ether oxygens (including phenoxy) is 8. The van der Waals surface area contributed by atoms with Crippen molar-refractivity contribution in [3.05, 3.63) is 23.8 Å². The number of unbranched alkanes of at least 4 members (excludes halogenated alkanes) is 66. The van der Waals surface area contributed by atoms with Crippen LogP contribution in [-0.4, -0.2) is 244 Å². The summed E-state index contributed by atoms with van der Waals surface area (Å²) in [5, 5.41) is 135. The number of aliphatic hydroxyl groups is 10. The van der Waals surface area contributed by atoms with Crippen molar-refractivity contribution in [2.75, 3.05) is 52.9 Å². The third kappa shape index (κ3) is 66.8. The first-order valence-electron chi connectivity index (χ1n) is 58.5. The average Bonchev–Trinajstić information content (AvgIpc) is 1.24. The predicted octanol–water partition coefficient (Wildman–Crippen LogP) is 21.6. The van der Waals surface area contributed by atoms with Gasteiger partial charge in [0, 0.05) is 12.8 Å². The number of hydrogen-bond acceptors (Lipinski definition) is 24. The molecule has 2 aromatic rings. The molecule has 0 aliphatic carbocycles. The van der Waals surface area contributed by atoms with Crippen molar-refractivity contribution in [1.82, 2.24) is 40.6 Å².